The molecule has 0 saturated carbocycles. The molecule has 4 N–H and O–H groups in total. The van der Waals surface area contributed by atoms with Crippen LogP contribution in [0.4, 0.5) is 0 Å². The minimum Gasteiger partial charge on any atom is -0.384 e. The first-order valence-corrected chi connectivity index (χ1v) is 4.21. The van der Waals surface area contributed by atoms with Crippen molar-refractivity contribution in [2.45, 2.75) is 0 Å². The van der Waals surface area contributed by atoms with E-state index < -0.39 is 0 Å². The molecule has 0 fully saturated rings. The van der Waals surface area contributed by atoms with Crippen LogP contribution in [-0.4, -0.2) is 16.0 Å². The summed E-state index contributed by atoms with van der Waals surface area (Å²) in [4.78, 5) is 0. The van der Waals surface area contributed by atoms with E-state index in [0.29, 0.717) is 0 Å². The highest BCUT2D eigenvalue weighted by molar-refractivity contribution is 5.95. The number of aromatic nitrogens is 2. The van der Waals surface area contributed by atoms with Gasteiger partial charge in [-0.2, -0.15) is 5.10 Å². The average molecular weight is 186 g/mol. The standard InChI is InChI=1S/C10H10N4/c11-10(12)8-3-1-7(2-4-8)9-5-6-13-14-9/h1-6H,(H3,11,12)(H,13,14). The smallest absolute Gasteiger partial charge is 0.122 e. The normalized spacial score (nSPS) is 10.0. The second kappa shape index (κ2) is 3.33. The van der Waals surface area contributed by atoms with Gasteiger partial charge in [0, 0.05) is 11.8 Å². The van der Waals surface area contributed by atoms with Crippen molar-refractivity contribution in [1.82, 2.24) is 10.2 Å². The molecule has 0 spiro atoms. The number of H-pyrrole nitrogens is 1. The van der Waals surface area contributed by atoms with Crippen LogP contribution in [0, 0.1) is 5.41 Å². The summed E-state index contributed by atoms with van der Waals surface area (Å²) in [6, 6.07) is 9.34. The zero-order valence-electron chi connectivity index (χ0n) is 7.49. The molecule has 1 aromatic carbocycles. The molecule has 0 aliphatic heterocycles. The van der Waals surface area contributed by atoms with Gasteiger partial charge in [-0.3, -0.25) is 10.5 Å². The Balaban J connectivity index is 2.36. The second-order valence-corrected chi connectivity index (χ2v) is 2.96. The Morgan fingerprint density at radius 2 is 1.93 bits per heavy atom. The molecule has 0 unspecified atom stereocenters. The molecule has 70 valence electrons. The van der Waals surface area contributed by atoms with Crippen LogP contribution in [0.2, 0.25) is 0 Å². The van der Waals surface area contributed by atoms with E-state index in [1.807, 2.05) is 30.3 Å². The van der Waals surface area contributed by atoms with Crippen LogP contribution in [0.15, 0.2) is 36.5 Å². The van der Waals surface area contributed by atoms with Gasteiger partial charge in [-0.1, -0.05) is 24.3 Å². The molecule has 4 nitrogen and oxygen atoms in total. The summed E-state index contributed by atoms with van der Waals surface area (Å²) in [6.45, 7) is 0. The number of rotatable bonds is 2. The highest BCUT2D eigenvalue weighted by atomic mass is 15.1. The SMILES string of the molecule is N=C(N)c1ccc(-c2ccn[nH]2)cc1. The summed E-state index contributed by atoms with van der Waals surface area (Å²) in [6.07, 6.45) is 1.70. The highest BCUT2D eigenvalue weighted by Gasteiger charge is 1.99. The Hall–Kier alpha value is -2.10. The first-order chi connectivity index (χ1) is 6.77. The van der Waals surface area contributed by atoms with Crippen molar-refractivity contribution in [1.29, 1.82) is 5.41 Å². The van der Waals surface area contributed by atoms with Gasteiger partial charge in [-0.25, -0.2) is 0 Å². The van der Waals surface area contributed by atoms with Gasteiger partial charge in [-0.05, 0) is 11.6 Å². The molecule has 4 heteroatoms. The van der Waals surface area contributed by atoms with E-state index in [9.17, 15) is 0 Å². The van der Waals surface area contributed by atoms with Gasteiger partial charge in [-0.15, -0.1) is 0 Å². The van der Waals surface area contributed by atoms with E-state index in [4.69, 9.17) is 11.1 Å². The molecule has 14 heavy (non-hydrogen) atoms. The largest absolute Gasteiger partial charge is 0.384 e. The number of hydrogen-bond acceptors (Lipinski definition) is 2. The van der Waals surface area contributed by atoms with E-state index in [1.165, 1.54) is 0 Å². The van der Waals surface area contributed by atoms with E-state index in [2.05, 4.69) is 10.2 Å². The lowest BCUT2D eigenvalue weighted by Crippen LogP contribution is -2.10. The van der Waals surface area contributed by atoms with Crippen LogP contribution < -0.4 is 5.73 Å². The molecule has 0 atom stereocenters. The lowest BCUT2D eigenvalue weighted by Gasteiger charge is -2.00. The van der Waals surface area contributed by atoms with Crippen molar-refractivity contribution in [2.24, 2.45) is 5.73 Å². The summed E-state index contributed by atoms with van der Waals surface area (Å²) in [5, 5.41) is 14.0. The molecule has 0 aliphatic carbocycles. The van der Waals surface area contributed by atoms with Gasteiger partial charge >= 0.3 is 0 Å². The lowest BCUT2D eigenvalue weighted by molar-refractivity contribution is 1.10. The quantitative estimate of drug-likeness (QED) is 0.489. The minimum absolute atomic E-state index is 0.0844. The molecule has 0 amide bonds. The third-order valence-corrected chi connectivity index (χ3v) is 2.01. The van der Waals surface area contributed by atoms with Gasteiger partial charge in [0.1, 0.15) is 5.84 Å². The summed E-state index contributed by atoms with van der Waals surface area (Å²) in [5.41, 5.74) is 8.07. The summed E-state index contributed by atoms with van der Waals surface area (Å²) in [5.74, 6) is 0.0844. The molecule has 0 bridgehead atoms. The monoisotopic (exact) mass is 186 g/mol. The molecule has 1 aromatic heterocycles. The van der Waals surface area contributed by atoms with Gasteiger partial charge < -0.3 is 5.73 Å². The van der Waals surface area contributed by atoms with E-state index >= 15 is 0 Å². The second-order valence-electron chi connectivity index (χ2n) is 2.96. The number of benzene rings is 1. The fourth-order valence-corrected chi connectivity index (χ4v) is 1.25. The predicted octanol–water partition coefficient (Wildman–Crippen LogP) is 1.36. The highest BCUT2D eigenvalue weighted by Crippen LogP contribution is 2.16. The molecular formula is C10H10N4. The molecule has 0 saturated heterocycles. The third kappa shape index (κ3) is 1.50. The van der Waals surface area contributed by atoms with Crippen LogP contribution in [0.5, 0.6) is 0 Å². The number of amidine groups is 1. The van der Waals surface area contributed by atoms with E-state index in [0.717, 1.165) is 16.8 Å². The topological polar surface area (TPSA) is 78.6 Å². The van der Waals surface area contributed by atoms with Crippen molar-refractivity contribution in [3.63, 3.8) is 0 Å². The predicted molar refractivity (Wildman–Crippen MR) is 55.0 cm³/mol. The fraction of sp³-hybridized carbons (Fsp3) is 0. The molecule has 1 heterocycles. The minimum atomic E-state index is 0.0844. The fourth-order valence-electron chi connectivity index (χ4n) is 1.25. The summed E-state index contributed by atoms with van der Waals surface area (Å²) in [7, 11) is 0. The van der Waals surface area contributed by atoms with Crippen LogP contribution in [0.25, 0.3) is 11.3 Å². The molecular weight excluding hydrogens is 176 g/mol. The first-order valence-electron chi connectivity index (χ1n) is 4.21. The van der Waals surface area contributed by atoms with Crippen LogP contribution in [0.3, 0.4) is 0 Å². The maximum Gasteiger partial charge on any atom is 0.122 e. The zero-order valence-corrected chi connectivity index (χ0v) is 7.49. The van der Waals surface area contributed by atoms with Gasteiger partial charge in [0.2, 0.25) is 0 Å². The van der Waals surface area contributed by atoms with E-state index in [1.54, 1.807) is 6.20 Å². The Bertz CT molecular complexity index is 428. The van der Waals surface area contributed by atoms with Crippen molar-refractivity contribution < 1.29 is 0 Å². The number of nitrogens with two attached hydrogens (primary N) is 1. The molecule has 2 aromatic rings. The first kappa shape index (κ1) is 8.50. The number of hydrogen-bond donors (Lipinski definition) is 3. The van der Waals surface area contributed by atoms with Gasteiger partial charge in [0.25, 0.3) is 0 Å². The molecule has 0 radical (unpaired) electrons. The summed E-state index contributed by atoms with van der Waals surface area (Å²) >= 11 is 0. The van der Waals surface area contributed by atoms with Crippen molar-refractivity contribution in [3.8, 4) is 11.3 Å². The Kier molecular flexibility index (Phi) is 2.02. The molecule has 2 rings (SSSR count). The van der Waals surface area contributed by atoms with Crippen molar-refractivity contribution in [3.05, 3.63) is 42.1 Å². The number of nitrogens with zero attached hydrogens (tertiary/aromatic N) is 1. The van der Waals surface area contributed by atoms with Crippen molar-refractivity contribution >= 4 is 5.84 Å². The van der Waals surface area contributed by atoms with E-state index in [-0.39, 0.29) is 5.84 Å². The Morgan fingerprint density at radius 1 is 1.21 bits per heavy atom. The van der Waals surface area contributed by atoms with Gasteiger partial charge in [0.15, 0.2) is 0 Å². The number of nitrogens with one attached hydrogen (secondary N) is 2. The summed E-state index contributed by atoms with van der Waals surface area (Å²) < 4.78 is 0. The Morgan fingerprint density at radius 3 is 2.43 bits per heavy atom. The zero-order chi connectivity index (χ0) is 9.97. The lowest BCUT2D eigenvalue weighted by atomic mass is 10.1. The van der Waals surface area contributed by atoms with Crippen molar-refractivity contribution in [2.75, 3.05) is 0 Å². The van der Waals surface area contributed by atoms with Gasteiger partial charge in [0.05, 0.1) is 5.69 Å². The average Bonchev–Trinajstić information content (AvgIpc) is 2.71. The van der Waals surface area contributed by atoms with Crippen LogP contribution in [0.1, 0.15) is 5.56 Å². The molecule has 0 aliphatic rings. The maximum absolute atomic E-state index is 7.24. The third-order valence-electron chi connectivity index (χ3n) is 2.01. The number of aromatic amines is 1. The maximum atomic E-state index is 7.24. The van der Waals surface area contributed by atoms with Crippen LogP contribution in [-0.2, 0) is 0 Å². The number of nitrogen functional groups attached to an aromatic ring is 1. The Labute approximate surface area is 81.3 Å². The van der Waals surface area contributed by atoms with Crippen LogP contribution >= 0.6 is 0 Å².